The van der Waals surface area contributed by atoms with Gasteiger partial charge in [-0.15, -0.1) is 0 Å². The number of ether oxygens (including phenoxy) is 3. The van der Waals surface area contributed by atoms with Crippen molar-refractivity contribution in [3.8, 4) is 22.6 Å². The molecule has 27 heavy (non-hydrogen) atoms. The van der Waals surface area contributed by atoms with Crippen molar-refractivity contribution < 1.29 is 23.4 Å². The van der Waals surface area contributed by atoms with Crippen molar-refractivity contribution in [3.63, 3.8) is 0 Å². The molecule has 3 aromatic rings. The third kappa shape index (κ3) is 3.95. The number of carbonyl (C=O) groups is 1. The van der Waals surface area contributed by atoms with Gasteiger partial charge in [-0.3, -0.25) is 4.79 Å². The van der Waals surface area contributed by atoms with Crippen LogP contribution in [-0.2, 0) is 9.53 Å². The minimum absolute atomic E-state index is 0.147. The van der Waals surface area contributed by atoms with Gasteiger partial charge in [-0.05, 0) is 43.7 Å². The molecule has 1 aromatic heterocycles. The summed E-state index contributed by atoms with van der Waals surface area (Å²) in [5.41, 5.74) is 1.43. The highest BCUT2D eigenvalue weighted by Crippen LogP contribution is 2.25. The van der Waals surface area contributed by atoms with Crippen molar-refractivity contribution in [1.29, 1.82) is 0 Å². The lowest BCUT2D eigenvalue weighted by molar-refractivity contribution is -0.150. The molecule has 0 N–H and O–H groups in total. The first-order chi connectivity index (χ1) is 13.0. The van der Waals surface area contributed by atoms with E-state index in [0.717, 1.165) is 5.56 Å². The Bertz CT molecular complexity index is 1000. The highest BCUT2D eigenvalue weighted by atomic mass is 16.6. The molecule has 0 aliphatic carbocycles. The van der Waals surface area contributed by atoms with Crippen LogP contribution in [-0.4, -0.2) is 25.8 Å². The number of benzene rings is 2. The van der Waals surface area contributed by atoms with E-state index in [1.807, 2.05) is 0 Å². The van der Waals surface area contributed by atoms with Crippen molar-refractivity contribution >= 4 is 16.9 Å². The smallest absolute Gasteiger partial charge is 0.347 e. The number of rotatable bonds is 6. The summed E-state index contributed by atoms with van der Waals surface area (Å²) in [7, 11) is 1.59. The topological polar surface area (TPSA) is 75.0 Å². The fraction of sp³-hybridized carbons (Fsp3) is 0.238. The van der Waals surface area contributed by atoms with E-state index in [4.69, 9.17) is 18.6 Å². The second-order valence-electron chi connectivity index (χ2n) is 5.88. The van der Waals surface area contributed by atoms with Crippen molar-refractivity contribution in [3.05, 3.63) is 59.0 Å². The predicted molar refractivity (Wildman–Crippen MR) is 101 cm³/mol. The first-order valence-electron chi connectivity index (χ1n) is 8.56. The summed E-state index contributed by atoms with van der Waals surface area (Å²) in [6.07, 6.45) is 0.665. The number of methoxy groups -OCH3 is 1. The van der Waals surface area contributed by atoms with E-state index in [-0.39, 0.29) is 12.0 Å². The van der Waals surface area contributed by atoms with Gasteiger partial charge in [-0.2, -0.15) is 0 Å². The monoisotopic (exact) mass is 368 g/mol. The van der Waals surface area contributed by atoms with E-state index in [2.05, 4.69) is 0 Å². The number of hydrogen-bond donors (Lipinski definition) is 0. The van der Waals surface area contributed by atoms with E-state index in [1.165, 1.54) is 6.26 Å². The lowest BCUT2D eigenvalue weighted by Gasteiger charge is -2.13. The third-order valence-corrected chi connectivity index (χ3v) is 4.08. The molecule has 0 spiro atoms. The average molecular weight is 368 g/mol. The molecule has 1 atom stereocenters. The molecule has 0 bridgehead atoms. The lowest BCUT2D eigenvalue weighted by atomic mass is 10.1. The maximum absolute atomic E-state index is 12.8. The van der Waals surface area contributed by atoms with Crippen LogP contribution in [0, 0.1) is 0 Å². The summed E-state index contributed by atoms with van der Waals surface area (Å²) in [5, 5.41) is 0.430. The molecule has 0 aliphatic heterocycles. The van der Waals surface area contributed by atoms with Crippen molar-refractivity contribution in [2.24, 2.45) is 0 Å². The first kappa shape index (κ1) is 18.5. The molecule has 0 amide bonds. The van der Waals surface area contributed by atoms with Crippen molar-refractivity contribution in [1.82, 2.24) is 0 Å². The van der Waals surface area contributed by atoms with E-state index in [0.29, 0.717) is 28.0 Å². The van der Waals surface area contributed by atoms with E-state index >= 15 is 0 Å². The summed E-state index contributed by atoms with van der Waals surface area (Å²) in [5.74, 6) is 0.679. The van der Waals surface area contributed by atoms with E-state index < -0.39 is 12.1 Å². The Labute approximate surface area is 156 Å². The fourth-order valence-electron chi connectivity index (χ4n) is 2.66. The minimum atomic E-state index is -0.757. The zero-order chi connectivity index (χ0) is 19.4. The highest BCUT2D eigenvalue weighted by Gasteiger charge is 2.17. The van der Waals surface area contributed by atoms with Crippen LogP contribution in [0.1, 0.15) is 13.8 Å². The lowest BCUT2D eigenvalue weighted by Crippen LogP contribution is -2.26. The molecule has 0 saturated carbocycles. The Hall–Kier alpha value is -3.28. The molecule has 1 heterocycles. The molecule has 6 heteroatoms. The normalized spacial score (nSPS) is 11.8. The predicted octanol–water partition coefficient (Wildman–Crippen LogP) is 3.80. The van der Waals surface area contributed by atoms with Crippen LogP contribution < -0.4 is 14.9 Å². The summed E-state index contributed by atoms with van der Waals surface area (Å²) in [4.78, 5) is 24.5. The zero-order valence-corrected chi connectivity index (χ0v) is 15.4. The van der Waals surface area contributed by atoms with Crippen molar-refractivity contribution in [2.75, 3.05) is 13.7 Å². The van der Waals surface area contributed by atoms with Gasteiger partial charge >= 0.3 is 5.97 Å². The zero-order valence-electron chi connectivity index (χ0n) is 15.4. The SMILES string of the molecule is CCOC(=O)[C@@H](C)Oc1ccc2c(=O)c(-c3ccc(OC)cc3)coc2c1. The van der Waals surface area contributed by atoms with Gasteiger partial charge in [-0.1, -0.05) is 12.1 Å². The molecule has 0 fully saturated rings. The average Bonchev–Trinajstić information content (AvgIpc) is 2.68. The quantitative estimate of drug-likeness (QED) is 0.616. The van der Waals surface area contributed by atoms with Crippen LogP contribution in [0.15, 0.2) is 57.9 Å². The fourth-order valence-corrected chi connectivity index (χ4v) is 2.66. The van der Waals surface area contributed by atoms with Crippen molar-refractivity contribution in [2.45, 2.75) is 20.0 Å². The maximum Gasteiger partial charge on any atom is 0.347 e. The van der Waals surface area contributed by atoms with Crippen LogP contribution in [0.2, 0.25) is 0 Å². The molecule has 2 aromatic carbocycles. The Balaban J connectivity index is 1.91. The minimum Gasteiger partial charge on any atom is -0.497 e. The molecular formula is C21H20O6. The summed E-state index contributed by atoms with van der Waals surface area (Å²) in [6.45, 7) is 3.62. The third-order valence-electron chi connectivity index (χ3n) is 4.08. The second kappa shape index (κ2) is 7.95. The Kier molecular flexibility index (Phi) is 5.45. The van der Waals surface area contributed by atoms with Crippen LogP contribution in [0.4, 0.5) is 0 Å². The Morgan fingerprint density at radius 3 is 2.48 bits per heavy atom. The van der Waals surface area contributed by atoms with Gasteiger partial charge in [0.05, 0.1) is 24.7 Å². The highest BCUT2D eigenvalue weighted by molar-refractivity contribution is 5.83. The number of carbonyl (C=O) groups excluding carboxylic acids is 1. The van der Waals surface area contributed by atoms with Gasteiger partial charge < -0.3 is 18.6 Å². The molecule has 0 radical (unpaired) electrons. The molecule has 140 valence electrons. The summed E-state index contributed by atoms with van der Waals surface area (Å²) in [6, 6.07) is 12.0. The van der Waals surface area contributed by atoms with Gasteiger partial charge in [0, 0.05) is 6.07 Å². The first-order valence-corrected chi connectivity index (χ1v) is 8.56. The van der Waals surface area contributed by atoms with Gasteiger partial charge in [0.15, 0.2) is 11.5 Å². The number of hydrogen-bond acceptors (Lipinski definition) is 6. The number of esters is 1. The molecule has 6 nitrogen and oxygen atoms in total. The van der Waals surface area contributed by atoms with Crippen LogP contribution in [0.5, 0.6) is 11.5 Å². The molecule has 0 unspecified atom stereocenters. The molecule has 0 saturated heterocycles. The van der Waals surface area contributed by atoms with E-state index in [1.54, 1.807) is 63.4 Å². The van der Waals surface area contributed by atoms with Crippen LogP contribution in [0.3, 0.4) is 0 Å². The standard InChI is InChI=1S/C21H20O6/c1-4-25-21(23)13(2)27-16-9-10-17-19(11-16)26-12-18(20(17)22)14-5-7-15(24-3)8-6-14/h5-13H,4H2,1-3H3/t13-/m1/s1. The van der Waals surface area contributed by atoms with Gasteiger partial charge in [0.25, 0.3) is 0 Å². The Morgan fingerprint density at radius 2 is 1.81 bits per heavy atom. The van der Waals surface area contributed by atoms with Crippen LogP contribution in [0.25, 0.3) is 22.1 Å². The molecule has 3 rings (SSSR count). The van der Waals surface area contributed by atoms with Gasteiger partial charge in [0.1, 0.15) is 23.3 Å². The largest absolute Gasteiger partial charge is 0.497 e. The van der Waals surface area contributed by atoms with Gasteiger partial charge in [0.2, 0.25) is 0 Å². The number of fused-ring (bicyclic) bond motifs is 1. The maximum atomic E-state index is 12.8. The van der Waals surface area contributed by atoms with Crippen LogP contribution >= 0.6 is 0 Å². The van der Waals surface area contributed by atoms with Gasteiger partial charge in [-0.25, -0.2) is 4.79 Å². The summed E-state index contributed by atoms with van der Waals surface area (Å²) >= 11 is 0. The Morgan fingerprint density at radius 1 is 1.11 bits per heavy atom. The second-order valence-corrected chi connectivity index (χ2v) is 5.88. The molecular weight excluding hydrogens is 348 g/mol. The molecule has 0 aliphatic rings. The van der Waals surface area contributed by atoms with E-state index in [9.17, 15) is 9.59 Å². The summed E-state index contributed by atoms with van der Waals surface area (Å²) < 4.78 is 21.3.